The molecule has 0 radical (unpaired) electrons. The van der Waals surface area contributed by atoms with Crippen molar-refractivity contribution in [1.82, 2.24) is 0 Å². The van der Waals surface area contributed by atoms with Gasteiger partial charge in [0, 0.05) is 17.3 Å². The Morgan fingerprint density at radius 2 is 1.77 bits per heavy atom. The minimum atomic E-state index is -0.475. The Balaban J connectivity index is 1.82. The number of hydrogen-bond acceptors (Lipinski definition) is 4. The molecule has 0 spiro atoms. The molecular formula is C26H24N2O3. The molecule has 0 fully saturated rings. The number of hydrogen-bond donors (Lipinski definition) is 1. The van der Waals surface area contributed by atoms with Crippen molar-refractivity contribution in [2.24, 2.45) is 0 Å². The summed E-state index contributed by atoms with van der Waals surface area (Å²) in [6.07, 6.45) is 2.44. The SMILES string of the molecule is CCc1ccc(NC(=O)/C(C#N)=C/c2ccc(OC)cc2OCc2ccccc2)cc1. The molecule has 3 rings (SSSR count). The second-order valence-corrected chi connectivity index (χ2v) is 6.85. The first kappa shape index (κ1) is 21.7. The van der Waals surface area contributed by atoms with Gasteiger partial charge in [-0.15, -0.1) is 0 Å². The first-order valence-corrected chi connectivity index (χ1v) is 9.99. The fourth-order valence-corrected chi connectivity index (χ4v) is 2.95. The molecule has 0 saturated heterocycles. The summed E-state index contributed by atoms with van der Waals surface area (Å²) in [5.74, 6) is 0.673. The number of carbonyl (C=O) groups excluding carboxylic acids is 1. The van der Waals surface area contributed by atoms with Gasteiger partial charge in [-0.3, -0.25) is 4.79 Å². The Hall–Kier alpha value is -4.04. The monoisotopic (exact) mass is 412 g/mol. The van der Waals surface area contributed by atoms with Gasteiger partial charge in [0.25, 0.3) is 5.91 Å². The molecule has 1 amide bonds. The van der Waals surface area contributed by atoms with Crippen LogP contribution in [0.1, 0.15) is 23.6 Å². The lowest BCUT2D eigenvalue weighted by molar-refractivity contribution is -0.112. The first-order valence-electron chi connectivity index (χ1n) is 9.99. The largest absolute Gasteiger partial charge is 0.497 e. The maximum Gasteiger partial charge on any atom is 0.266 e. The van der Waals surface area contributed by atoms with Crippen LogP contribution in [0.25, 0.3) is 6.08 Å². The Morgan fingerprint density at radius 1 is 1.03 bits per heavy atom. The van der Waals surface area contributed by atoms with E-state index in [1.807, 2.05) is 60.7 Å². The van der Waals surface area contributed by atoms with Crippen LogP contribution in [0.15, 0.2) is 78.4 Å². The molecule has 31 heavy (non-hydrogen) atoms. The van der Waals surface area contributed by atoms with Gasteiger partial charge in [0.05, 0.1) is 7.11 Å². The summed E-state index contributed by atoms with van der Waals surface area (Å²) in [6, 6.07) is 24.6. The lowest BCUT2D eigenvalue weighted by atomic mass is 10.1. The highest BCUT2D eigenvalue weighted by atomic mass is 16.5. The summed E-state index contributed by atoms with van der Waals surface area (Å²) < 4.78 is 11.3. The molecule has 0 heterocycles. The van der Waals surface area contributed by atoms with E-state index in [1.165, 1.54) is 11.6 Å². The molecule has 0 aromatic heterocycles. The summed E-state index contributed by atoms with van der Waals surface area (Å²) in [4.78, 5) is 12.6. The van der Waals surface area contributed by atoms with Crippen molar-refractivity contribution in [3.8, 4) is 17.6 Å². The van der Waals surface area contributed by atoms with Gasteiger partial charge in [0.2, 0.25) is 0 Å². The highest BCUT2D eigenvalue weighted by Gasteiger charge is 2.12. The van der Waals surface area contributed by atoms with Crippen molar-refractivity contribution < 1.29 is 14.3 Å². The standard InChI is InChI=1S/C26H24N2O3/c1-3-19-9-12-23(13-10-19)28-26(29)22(17-27)15-21-11-14-24(30-2)16-25(21)31-18-20-7-5-4-6-8-20/h4-16H,3,18H2,1-2H3,(H,28,29)/b22-15+. The van der Waals surface area contributed by atoms with E-state index in [0.717, 1.165) is 12.0 Å². The summed E-state index contributed by atoms with van der Waals surface area (Å²) >= 11 is 0. The summed E-state index contributed by atoms with van der Waals surface area (Å²) in [5, 5.41) is 12.3. The van der Waals surface area contributed by atoms with E-state index >= 15 is 0 Å². The van der Waals surface area contributed by atoms with E-state index in [-0.39, 0.29) is 5.57 Å². The molecule has 3 aromatic rings. The fourth-order valence-electron chi connectivity index (χ4n) is 2.95. The molecule has 0 aliphatic rings. The third-order valence-corrected chi connectivity index (χ3v) is 4.74. The second-order valence-electron chi connectivity index (χ2n) is 6.85. The number of carbonyl (C=O) groups is 1. The predicted octanol–water partition coefficient (Wildman–Crippen LogP) is 5.38. The molecule has 0 unspecified atom stereocenters. The number of rotatable bonds is 8. The number of anilines is 1. The van der Waals surface area contributed by atoms with Crippen LogP contribution in [0.5, 0.6) is 11.5 Å². The number of nitriles is 1. The van der Waals surface area contributed by atoms with Gasteiger partial charge in [0.1, 0.15) is 29.7 Å². The molecule has 0 bridgehead atoms. The summed E-state index contributed by atoms with van der Waals surface area (Å²) in [7, 11) is 1.57. The van der Waals surface area contributed by atoms with Crippen molar-refractivity contribution >= 4 is 17.7 Å². The third-order valence-electron chi connectivity index (χ3n) is 4.74. The van der Waals surface area contributed by atoms with E-state index in [0.29, 0.717) is 29.4 Å². The van der Waals surface area contributed by atoms with Crippen LogP contribution in [0.3, 0.4) is 0 Å². The van der Waals surface area contributed by atoms with E-state index in [9.17, 15) is 10.1 Å². The molecule has 1 N–H and O–H groups in total. The molecular weight excluding hydrogens is 388 g/mol. The zero-order chi connectivity index (χ0) is 22.1. The van der Waals surface area contributed by atoms with Crippen molar-refractivity contribution in [1.29, 1.82) is 5.26 Å². The molecule has 0 atom stereocenters. The number of aryl methyl sites for hydroxylation is 1. The maximum atomic E-state index is 12.6. The number of nitrogens with zero attached hydrogens (tertiary/aromatic N) is 1. The van der Waals surface area contributed by atoms with Gasteiger partial charge >= 0.3 is 0 Å². The lowest BCUT2D eigenvalue weighted by Crippen LogP contribution is -2.13. The van der Waals surface area contributed by atoms with Gasteiger partial charge in [-0.25, -0.2) is 0 Å². The van der Waals surface area contributed by atoms with E-state index in [2.05, 4.69) is 12.2 Å². The predicted molar refractivity (Wildman–Crippen MR) is 122 cm³/mol. The Morgan fingerprint density at radius 3 is 2.42 bits per heavy atom. The van der Waals surface area contributed by atoms with Crippen LogP contribution in [0, 0.1) is 11.3 Å². The topological polar surface area (TPSA) is 71.4 Å². The van der Waals surface area contributed by atoms with Crippen LogP contribution < -0.4 is 14.8 Å². The average Bonchev–Trinajstić information content (AvgIpc) is 2.82. The minimum Gasteiger partial charge on any atom is -0.497 e. The molecule has 5 nitrogen and oxygen atoms in total. The molecule has 0 aliphatic heterocycles. The zero-order valence-electron chi connectivity index (χ0n) is 17.6. The Kier molecular flexibility index (Phi) is 7.45. The molecule has 0 aliphatic carbocycles. The Labute approximate surface area is 182 Å². The highest BCUT2D eigenvalue weighted by molar-refractivity contribution is 6.09. The fraction of sp³-hybridized carbons (Fsp3) is 0.154. The number of amides is 1. The number of nitrogens with one attached hydrogen (secondary N) is 1. The number of methoxy groups -OCH3 is 1. The highest BCUT2D eigenvalue weighted by Crippen LogP contribution is 2.28. The third kappa shape index (κ3) is 5.97. The van der Waals surface area contributed by atoms with Gasteiger partial charge in [-0.1, -0.05) is 49.4 Å². The zero-order valence-corrected chi connectivity index (χ0v) is 17.6. The van der Waals surface area contributed by atoms with Gasteiger partial charge in [0.15, 0.2) is 0 Å². The summed E-state index contributed by atoms with van der Waals surface area (Å²) in [5.41, 5.74) is 3.42. The van der Waals surface area contributed by atoms with Crippen LogP contribution in [0.2, 0.25) is 0 Å². The van der Waals surface area contributed by atoms with Crippen LogP contribution in [-0.4, -0.2) is 13.0 Å². The van der Waals surface area contributed by atoms with Crippen LogP contribution in [0.4, 0.5) is 5.69 Å². The number of ether oxygens (including phenoxy) is 2. The molecule has 156 valence electrons. The van der Waals surface area contributed by atoms with Crippen molar-refractivity contribution in [2.75, 3.05) is 12.4 Å². The van der Waals surface area contributed by atoms with E-state index < -0.39 is 5.91 Å². The van der Waals surface area contributed by atoms with Gasteiger partial charge < -0.3 is 14.8 Å². The van der Waals surface area contributed by atoms with E-state index in [4.69, 9.17) is 9.47 Å². The number of benzene rings is 3. The Bertz CT molecular complexity index is 1100. The molecule has 5 heteroatoms. The van der Waals surface area contributed by atoms with E-state index in [1.54, 1.807) is 25.3 Å². The first-order chi connectivity index (χ1) is 15.1. The maximum absolute atomic E-state index is 12.6. The molecule has 0 saturated carbocycles. The quantitative estimate of drug-likeness (QED) is 0.398. The van der Waals surface area contributed by atoms with Gasteiger partial charge in [-0.05, 0) is 47.9 Å². The lowest BCUT2D eigenvalue weighted by Gasteiger charge is -2.12. The minimum absolute atomic E-state index is 0.0192. The average molecular weight is 412 g/mol. The molecule has 3 aromatic carbocycles. The van der Waals surface area contributed by atoms with Crippen molar-refractivity contribution in [2.45, 2.75) is 20.0 Å². The summed E-state index contributed by atoms with van der Waals surface area (Å²) in [6.45, 7) is 2.42. The second kappa shape index (κ2) is 10.7. The van der Waals surface area contributed by atoms with Crippen LogP contribution >= 0.6 is 0 Å². The smallest absolute Gasteiger partial charge is 0.266 e. The van der Waals surface area contributed by atoms with Gasteiger partial charge in [-0.2, -0.15) is 5.26 Å². The van der Waals surface area contributed by atoms with Crippen molar-refractivity contribution in [3.63, 3.8) is 0 Å². The van der Waals surface area contributed by atoms with Crippen LogP contribution in [-0.2, 0) is 17.8 Å². The normalized spacial score (nSPS) is 10.8. The van der Waals surface area contributed by atoms with Crippen molar-refractivity contribution in [3.05, 3.63) is 95.1 Å².